The molecule has 162 valence electrons. The van der Waals surface area contributed by atoms with Gasteiger partial charge >= 0.3 is 0 Å². The number of nitrogens with zero attached hydrogens (tertiary/aromatic N) is 4. The van der Waals surface area contributed by atoms with E-state index in [1.165, 1.54) is 0 Å². The zero-order chi connectivity index (χ0) is 23.2. The third-order valence-electron chi connectivity index (χ3n) is 6.08. The Morgan fingerprint density at radius 2 is 1.68 bits per heavy atom. The van der Waals surface area contributed by atoms with Gasteiger partial charge in [-0.25, -0.2) is 9.67 Å². The van der Waals surface area contributed by atoms with E-state index < -0.39 is 0 Å². The molecule has 6 heteroatoms. The number of aromatic nitrogens is 4. The molecule has 5 nitrogen and oxygen atoms in total. The molecule has 3 aromatic heterocycles. The first-order valence-electron chi connectivity index (χ1n) is 10.9. The van der Waals surface area contributed by atoms with Crippen molar-refractivity contribution in [2.75, 3.05) is 0 Å². The van der Waals surface area contributed by atoms with Gasteiger partial charge in [-0.15, -0.1) is 0 Å². The molecule has 0 saturated heterocycles. The van der Waals surface area contributed by atoms with Gasteiger partial charge in [-0.3, -0.25) is 0 Å². The molecular weight excluding hydrogens is 442 g/mol. The van der Waals surface area contributed by atoms with Gasteiger partial charge in [0.1, 0.15) is 6.07 Å². The third kappa shape index (κ3) is 3.08. The van der Waals surface area contributed by atoms with Crippen molar-refractivity contribution < 1.29 is 0 Å². The highest BCUT2D eigenvalue weighted by atomic mass is 35.5. The van der Waals surface area contributed by atoms with Gasteiger partial charge in [-0.2, -0.15) is 10.4 Å². The summed E-state index contributed by atoms with van der Waals surface area (Å²) in [6.45, 7) is 1.95. The lowest BCUT2D eigenvalue weighted by molar-refractivity contribution is 0.878. The first-order chi connectivity index (χ1) is 16.7. The van der Waals surface area contributed by atoms with Crippen molar-refractivity contribution in [1.29, 1.82) is 5.26 Å². The van der Waals surface area contributed by atoms with Gasteiger partial charge in [0.05, 0.1) is 28.0 Å². The van der Waals surface area contributed by atoms with Crippen molar-refractivity contribution in [2.24, 2.45) is 0 Å². The number of benzene rings is 3. The number of halogens is 1. The number of aryl methyl sites for hydroxylation is 1. The molecule has 0 amide bonds. The van der Waals surface area contributed by atoms with Crippen LogP contribution in [0.4, 0.5) is 0 Å². The normalized spacial score (nSPS) is 11.2. The Morgan fingerprint density at radius 3 is 2.44 bits per heavy atom. The molecule has 0 radical (unpaired) electrons. The standard InChI is InChI=1S/C28H18ClN5/c1-17-25-26(18-11-13-19(29)14-12-18)22(15-30)27(23-16-31-24-10-6-5-9-21(23)24)32-28(25)34(33-17)20-7-3-2-4-8-20/h2-14,16,31H,1H3. The maximum atomic E-state index is 10.4. The molecule has 3 heterocycles. The number of nitriles is 1. The van der Waals surface area contributed by atoms with E-state index in [0.29, 0.717) is 21.9 Å². The Morgan fingerprint density at radius 1 is 0.941 bits per heavy atom. The minimum absolute atomic E-state index is 0.510. The van der Waals surface area contributed by atoms with Crippen LogP contribution >= 0.6 is 11.6 Å². The van der Waals surface area contributed by atoms with Crippen molar-refractivity contribution in [3.8, 4) is 34.1 Å². The van der Waals surface area contributed by atoms with E-state index in [4.69, 9.17) is 21.7 Å². The smallest absolute Gasteiger partial charge is 0.164 e. The van der Waals surface area contributed by atoms with E-state index in [1.807, 2.05) is 96.7 Å². The second-order valence-corrected chi connectivity index (χ2v) is 8.54. The van der Waals surface area contributed by atoms with Crippen LogP contribution in [0.1, 0.15) is 11.3 Å². The van der Waals surface area contributed by atoms with Gasteiger partial charge in [0, 0.05) is 33.2 Å². The summed E-state index contributed by atoms with van der Waals surface area (Å²) < 4.78 is 1.85. The summed E-state index contributed by atoms with van der Waals surface area (Å²) in [4.78, 5) is 8.39. The molecule has 3 aromatic carbocycles. The van der Waals surface area contributed by atoms with Crippen LogP contribution in [0.5, 0.6) is 0 Å². The molecule has 1 N–H and O–H groups in total. The number of fused-ring (bicyclic) bond motifs is 2. The van der Waals surface area contributed by atoms with Crippen molar-refractivity contribution >= 4 is 33.5 Å². The number of hydrogen-bond donors (Lipinski definition) is 1. The fourth-order valence-electron chi connectivity index (χ4n) is 4.54. The van der Waals surface area contributed by atoms with Crippen molar-refractivity contribution in [1.82, 2.24) is 19.7 Å². The van der Waals surface area contributed by atoms with Gasteiger partial charge in [0.15, 0.2) is 5.65 Å². The largest absolute Gasteiger partial charge is 0.360 e. The van der Waals surface area contributed by atoms with Crippen LogP contribution in [0.3, 0.4) is 0 Å². The highest BCUT2D eigenvalue weighted by Crippen LogP contribution is 2.40. The Bertz CT molecular complexity index is 1720. The maximum Gasteiger partial charge on any atom is 0.164 e. The molecule has 0 unspecified atom stereocenters. The van der Waals surface area contributed by atoms with E-state index in [0.717, 1.165) is 44.4 Å². The number of rotatable bonds is 3. The molecule has 0 atom stereocenters. The number of aromatic amines is 1. The average Bonchev–Trinajstić information content (AvgIpc) is 3.45. The van der Waals surface area contributed by atoms with Crippen molar-refractivity contribution in [2.45, 2.75) is 6.92 Å². The maximum absolute atomic E-state index is 10.4. The first-order valence-corrected chi connectivity index (χ1v) is 11.2. The molecule has 0 bridgehead atoms. The molecule has 6 rings (SSSR count). The van der Waals surface area contributed by atoms with Crippen LogP contribution in [-0.2, 0) is 0 Å². The molecule has 34 heavy (non-hydrogen) atoms. The summed E-state index contributed by atoms with van der Waals surface area (Å²) in [5.74, 6) is 0. The van der Waals surface area contributed by atoms with Crippen LogP contribution < -0.4 is 0 Å². The van der Waals surface area contributed by atoms with Crippen LogP contribution in [0.15, 0.2) is 85.1 Å². The predicted octanol–water partition coefficient (Wildman–Crippen LogP) is 7.07. The number of H-pyrrole nitrogens is 1. The van der Waals surface area contributed by atoms with Gasteiger partial charge in [0.2, 0.25) is 0 Å². The van der Waals surface area contributed by atoms with Gasteiger partial charge in [0.25, 0.3) is 0 Å². The minimum Gasteiger partial charge on any atom is -0.360 e. The lowest BCUT2D eigenvalue weighted by Crippen LogP contribution is -2.01. The van der Waals surface area contributed by atoms with E-state index >= 15 is 0 Å². The fourth-order valence-corrected chi connectivity index (χ4v) is 4.67. The molecule has 0 spiro atoms. The second-order valence-electron chi connectivity index (χ2n) is 8.11. The van der Waals surface area contributed by atoms with Crippen LogP contribution in [0.25, 0.3) is 50.0 Å². The van der Waals surface area contributed by atoms with Gasteiger partial charge in [-0.05, 0) is 42.8 Å². The molecule has 0 saturated carbocycles. The predicted molar refractivity (Wildman–Crippen MR) is 136 cm³/mol. The molecule has 0 aliphatic rings. The lowest BCUT2D eigenvalue weighted by Gasteiger charge is -2.12. The molecule has 0 fully saturated rings. The lowest BCUT2D eigenvalue weighted by atomic mass is 9.93. The Kier molecular flexibility index (Phi) is 4.68. The summed E-state index contributed by atoms with van der Waals surface area (Å²) in [6.07, 6.45) is 1.92. The Hall–Kier alpha value is -4.40. The molecule has 6 aromatic rings. The highest BCUT2D eigenvalue weighted by molar-refractivity contribution is 6.30. The van der Waals surface area contributed by atoms with E-state index in [1.54, 1.807) is 0 Å². The number of para-hydroxylation sites is 2. The average molecular weight is 460 g/mol. The molecule has 0 aliphatic carbocycles. The van der Waals surface area contributed by atoms with Crippen LogP contribution in [0, 0.1) is 18.3 Å². The van der Waals surface area contributed by atoms with E-state index in [9.17, 15) is 5.26 Å². The monoisotopic (exact) mass is 459 g/mol. The fraction of sp³-hybridized carbons (Fsp3) is 0.0357. The summed E-state index contributed by atoms with van der Waals surface area (Å²) >= 11 is 6.19. The Balaban J connectivity index is 1.78. The zero-order valence-corrected chi connectivity index (χ0v) is 19.0. The van der Waals surface area contributed by atoms with Crippen molar-refractivity contribution in [3.63, 3.8) is 0 Å². The highest BCUT2D eigenvalue weighted by Gasteiger charge is 2.24. The topological polar surface area (TPSA) is 70.3 Å². The Labute approximate surface area is 200 Å². The summed E-state index contributed by atoms with van der Waals surface area (Å²) in [7, 11) is 0. The summed E-state index contributed by atoms with van der Waals surface area (Å²) in [5.41, 5.74) is 7.11. The zero-order valence-electron chi connectivity index (χ0n) is 18.2. The van der Waals surface area contributed by atoms with Crippen LogP contribution in [-0.4, -0.2) is 19.7 Å². The number of pyridine rings is 1. The minimum atomic E-state index is 0.510. The summed E-state index contributed by atoms with van der Waals surface area (Å²) in [5, 5.41) is 17.7. The van der Waals surface area contributed by atoms with E-state index in [2.05, 4.69) is 11.1 Å². The summed E-state index contributed by atoms with van der Waals surface area (Å²) in [6, 6.07) is 28.0. The first kappa shape index (κ1) is 20.2. The third-order valence-corrected chi connectivity index (χ3v) is 6.33. The molecule has 0 aliphatic heterocycles. The number of hydrogen-bond acceptors (Lipinski definition) is 3. The van der Waals surface area contributed by atoms with Crippen LogP contribution in [0.2, 0.25) is 5.02 Å². The molecular formula is C28H18ClN5. The SMILES string of the molecule is Cc1nn(-c2ccccc2)c2nc(-c3c[nH]c4ccccc34)c(C#N)c(-c3ccc(Cl)cc3)c12. The van der Waals surface area contributed by atoms with Gasteiger partial charge in [-0.1, -0.05) is 60.1 Å². The van der Waals surface area contributed by atoms with Crippen molar-refractivity contribution in [3.05, 3.63) is 101 Å². The second kappa shape index (κ2) is 7.87. The van der Waals surface area contributed by atoms with E-state index in [-0.39, 0.29) is 0 Å². The van der Waals surface area contributed by atoms with Gasteiger partial charge < -0.3 is 4.98 Å². The number of nitrogens with one attached hydrogen (secondary N) is 1. The quantitative estimate of drug-likeness (QED) is 0.307.